The van der Waals surface area contributed by atoms with Crippen molar-refractivity contribution in [2.24, 2.45) is 5.73 Å². The van der Waals surface area contributed by atoms with E-state index >= 15 is 0 Å². The molecule has 1 aromatic rings. The van der Waals surface area contributed by atoms with Crippen LogP contribution in [0.15, 0.2) is 24.3 Å². The van der Waals surface area contributed by atoms with Gasteiger partial charge in [-0.25, -0.2) is 0 Å². The Labute approximate surface area is 109 Å². The molecule has 100 valence electrons. The smallest absolute Gasteiger partial charge is 0.251 e. The summed E-state index contributed by atoms with van der Waals surface area (Å²) in [4.78, 5) is 14.0. The quantitative estimate of drug-likeness (QED) is 0.805. The number of nitrogens with two attached hydrogens (primary N) is 1. The molecule has 4 heteroatoms. The second-order valence-corrected chi connectivity index (χ2v) is 4.64. The van der Waals surface area contributed by atoms with Gasteiger partial charge < -0.3 is 16.0 Å². The predicted octanol–water partition coefficient (Wildman–Crippen LogP) is 1.61. The molecule has 1 unspecified atom stereocenters. The summed E-state index contributed by atoms with van der Waals surface area (Å²) >= 11 is 0. The third kappa shape index (κ3) is 4.04. The molecule has 0 fully saturated rings. The lowest BCUT2D eigenvalue weighted by molar-refractivity contribution is 0.0936. The van der Waals surface area contributed by atoms with Crippen LogP contribution in [0.1, 0.15) is 30.1 Å². The summed E-state index contributed by atoms with van der Waals surface area (Å²) in [6.45, 7) is 2.57. The lowest BCUT2D eigenvalue weighted by atomic mass is 10.1. The third-order valence-electron chi connectivity index (χ3n) is 2.90. The van der Waals surface area contributed by atoms with E-state index in [1.807, 2.05) is 43.3 Å². The molecule has 1 aromatic carbocycles. The van der Waals surface area contributed by atoms with E-state index in [0.29, 0.717) is 12.1 Å². The van der Waals surface area contributed by atoms with Crippen LogP contribution < -0.4 is 16.0 Å². The number of anilines is 1. The molecular weight excluding hydrogens is 226 g/mol. The number of carbonyl (C=O) groups excluding carboxylic acids is 1. The van der Waals surface area contributed by atoms with Gasteiger partial charge in [0.2, 0.25) is 0 Å². The largest absolute Gasteiger partial charge is 0.378 e. The average Bonchev–Trinajstić information content (AvgIpc) is 2.38. The normalized spacial score (nSPS) is 12.0. The Kier molecular flexibility index (Phi) is 5.65. The minimum absolute atomic E-state index is 0.0517. The summed E-state index contributed by atoms with van der Waals surface area (Å²) in [7, 11) is 3.95. The molecule has 0 spiro atoms. The molecule has 0 aromatic heterocycles. The van der Waals surface area contributed by atoms with Gasteiger partial charge in [0.15, 0.2) is 0 Å². The number of hydrogen-bond donors (Lipinski definition) is 2. The molecular formula is C14H23N3O. The van der Waals surface area contributed by atoms with Crippen molar-refractivity contribution in [3.63, 3.8) is 0 Å². The molecule has 0 saturated carbocycles. The van der Waals surface area contributed by atoms with Crippen molar-refractivity contribution in [2.45, 2.75) is 25.8 Å². The standard InChI is InChI=1S/C14H23N3O/c1-4-5-12(10-15)16-14(18)11-6-8-13(9-7-11)17(2)3/h6-9,12H,4-5,10,15H2,1-3H3,(H,16,18). The highest BCUT2D eigenvalue weighted by molar-refractivity contribution is 5.94. The Bertz CT molecular complexity index is 373. The van der Waals surface area contributed by atoms with Crippen LogP contribution >= 0.6 is 0 Å². The van der Waals surface area contributed by atoms with Crippen molar-refractivity contribution in [2.75, 3.05) is 25.5 Å². The number of hydrogen-bond acceptors (Lipinski definition) is 3. The highest BCUT2D eigenvalue weighted by Crippen LogP contribution is 2.12. The molecule has 1 atom stereocenters. The lowest BCUT2D eigenvalue weighted by Crippen LogP contribution is -2.40. The van der Waals surface area contributed by atoms with E-state index in [-0.39, 0.29) is 11.9 Å². The number of benzene rings is 1. The lowest BCUT2D eigenvalue weighted by Gasteiger charge is -2.16. The number of nitrogens with zero attached hydrogens (tertiary/aromatic N) is 1. The van der Waals surface area contributed by atoms with Crippen LogP contribution in [0.2, 0.25) is 0 Å². The molecule has 1 amide bonds. The van der Waals surface area contributed by atoms with Crippen LogP contribution in [0, 0.1) is 0 Å². The van der Waals surface area contributed by atoms with Crippen LogP contribution in [0.3, 0.4) is 0 Å². The van der Waals surface area contributed by atoms with Gasteiger partial charge in [0, 0.05) is 37.9 Å². The van der Waals surface area contributed by atoms with E-state index in [4.69, 9.17) is 5.73 Å². The van der Waals surface area contributed by atoms with E-state index in [0.717, 1.165) is 18.5 Å². The van der Waals surface area contributed by atoms with Gasteiger partial charge >= 0.3 is 0 Å². The first kappa shape index (κ1) is 14.5. The van der Waals surface area contributed by atoms with Gasteiger partial charge in [0.05, 0.1) is 0 Å². The first-order valence-corrected chi connectivity index (χ1v) is 6.36. The summed E-state index contributed by atoms with van der Waals surface area (Å²) in [5.74, 6) is -0.0517. The average molecular weight is 249 g/mol. The Balaban J connectivity index is 2.66. The maximum Gasteiger partial charge on any atom is 0.251 e. The molecule has 0 aliphatic rings. The molecule has 0 saturated heterocycles. The van der Waals surface area contributed by atoms with Gasteiger partial charge in [-0.15, -0.1) is 0 Å². The summed E-state index contributed by atoms with van der Waals surface area (Å²) in [6.07, 6.45) is 1.93. The zero-order chi connectivity index (χ0) is 13.5. The SMILES string of the molecule is CCCC(CN)NC(=O)c1ccc(N(C)C)cc1. The van der Waals surface area contributed by atoms with Crippen LogP contribution in [0.4, 0.5) is 5.69 Å². The maximum atomic E-state index is 12.0. The van der Waals surface area contributed by atoms with E-state index < -0.39 is 0 Å². The highest BCUT2D eigenvalue weighted by atomic mass is 16.1. The maximum absolute atomic E-state index is 12.0. The van der Waals surface area contributed by atoms with Crippen LogP contribution in [0.25, 0.3) is 0 Å². The van der Waals surface area contributed by atoms with Crippen molar-refractivity contribution < 1.29 is 4.79 Å². The monoisotopic (exact) mass is 249 g/mol. The molecule has 0 radical (unpaired) electrons. The van der Waals surface area contributed by atoms with Crippen molar-refractivity contribution in [1.29, 1.82) is 0 Å². The van der Waals surface area contributed by atoms with Gasteiger partial charge in [-0.3, -0.25) is 4.79 Å². The predicted molar refractivity (Wildman–Crippen MR) is 76.0 cm³/mol. The summed E-state index contributed by atoms with van der Waals surface area (Å²) in [5, 5.41) is 2.96. The number of carbonyl (C=O) groups is 1. The molecule has 0 heterocycles. The Morgan fingerprint density at radius 2 is 1.94 bits per heavy atom. The number of nitrogens with one attached hydrogen (secondary N) is 1. The van der Waals surface area contributed by atoms with Crippen LogP contribution in [-0.2, 0) is 0 Å². The van der Waals surface area contributed by atoms with Crippen molar-refractivity contribution in [3.05, 3.63) is 29.8 Å². The van der Waals surface area contributed by atoms with Crippen LogP contribution in [-0.4, -0.2) is 32.6 Å². The molecule has 1 rings (SSSR count). The van der Waals surface area contributed by atoms with Crippen LogP contribution in [0.5, 0.6) is 0 Å². The van der Waals surface area contributed by atoms with E-state index in [1.54, 1.807) is 0 Å². The summed E-state index contributed by atoms with van der Waals surface area (Å²) in [5.41, 5.74) is 7.38. The molecule has 3 N–H and O–H groups in total. The Hall–Kier alpha value is -1.55. The Morgan fingerprint density at radius 1 is 1.33 bits per heavy atom. The molecule has 18 heavy (non-hydrogen) atoms. The fraction of sp³-hybridized carbons (Fsp3) is 0.500. The first-order valence-electron chi connectivity index (χ1n) is 6.36. The zero-order valence-corrected chi connectivity index (χ0v) is 11.4. The molecule has 0 aliphatic carbocycles. The summed E-state index contributed by atoms with van der Waals surface area (Å²) in [6, 6.07) is 7.61. The third-order valence-corrected chi connectivity index (χ3v) is 2.90. The Morgan fingerprint density at radius 3 is 2.39 bits per heavy atom. The minimum Gasteiger partial charge on any atom is -0.378 e. The number of rotatable bonds is 6. The minimum atomic E-state index is -0.0517. The topological polar surface area (TPSA) is 58.4 Å². The fourth-order valence-corrected chi connectivity index (χ4v) is 1.78. The molecule has 0 bridgehead atoms. The van der Waals surface area contributed by atoms with Crippen molar-refractivity contribution in [1.82, 2.24) is 5.32 Å². The van der Waals surface area contributed by atoms with Crippen molar-refractivity contribution in [3.8, 4) is 0 Å². The first-order chi connectivity index (χ1) is 8.58. The number of amides is 1. The van der Waals surface area contributed by atoms with Gasteiger partial charge in [-0.2, -0.15) is 0 Å². The summed E-state index contributed by atoms with van der Waals surface area (Å²) < 4.78 is 0. The van der Waals surface area contributed by atoms with Crippen molar-refractivity contribution >= 4 is 11.6 Å². The van der Waals surface area contributed by atoms with Gasteiger partial charge in [0.1, 0.15) is 0 Å². The van der Waals surface area contributed by atoms with E-state index in [1.165, 1.54) is 0 Å². The zero-order valence-electron chi connectivity index (χ0n) is 11.4. The highest BCUT2D eigenvalue weighted by Gasteiger charge is 2.11. The molecule has 0 aliphatic heterocycles. The fourth-order valence-electron chi connectivity index (χ4n) is 1.78. The second kappa shape index (κ2) is 7.01. The van der Waals surface area contributed by atoms with Gasteiger partial charge in [0.25, 0.3) is 5.91 Å². The molecule has 4 nitrogen and oxygen atoms in total. The van der Waals surface area contributed by atoms with E-state index in [2.05, 4.69) is 12.2 Å². The van der Waals surface area contributed by atoms with Gasteiger partial charge in [-0.05, 0) is 30.7 Å². The van der Waals surface area contributed by atoms with E-state index in [9.17, 15) is 4.79 Å². The van der Waals surface area contributed by atoms with Gasteiger partial charge in [-0.1, -0.05) is 13.3 Å². The second-order valence-electron chi connectivity index (χ2n) is 4.64.